The van der Waals surface area contributed by atoms with E-state index in [0.717, 1.165) is 17.2 Å². The predicted octanol–water partition coefficient (Wildman–Crippen LogP) is 4.65. The first-order valence-corrected chi connectivity index (χ1v) is 9.08. The van der Waals surface area contributed by atoms with E-state index in [1.54, 1.807) is 55.6 Å². The summed E-state index contributed by atoms with van der Waals surface area (Å²) >= 11 is 0. The van der Waals surface area contributed by atoms with Crippen LogP contribution in [0.4, 0.5) is 0 Å². The summed E-state index contributed by atoms with van der Waals surface area (Å²) in [5.74, 6) is 0.713. The number of hydrogen-bond donors (Lipinski definition) is 0. The van der Waals surface area contributed by atoms with Crippen molar-refractivity contribution < 1.29 is 28.5 Å². The molecule has 0 N–H and O–H groups in total. The van der Waals surface area contributed by atoms with Gasteiger partial charge in [0.1, 0.15) is 17.2 Å². The summed E-state index contributed by atoms with van der Waals surface area (Å²) in [5, 5.41) is 0. The lowest BCUT2D eigenvalue weighted by atomic mass is 10.0. The second-order valence-corrected chi connectivity index (χ2v) is 6.10. The van der Waals surface area contributed by atoms with Crippen LogP contribution in [0.2, 0.25) is 0 Å². The first-order valence-electron chi connectivity index (χ1n) is 9.08. The summed E-state index contributed by atoms with van der Waals surface area (Å²) in [6, 6.07) is 21.2. The first kappa shape index (κ1) is 20.7. The fourth-order valence-electron chi connectivity index (χ4n) is 2.57. The van der Waals surface area contributed by atoms with E-state index in [4.69, 9.17) is 18.9 Å². The fourth-order valence-corrected chi connectivity index (χ4v) is 2.57. The maximum absolute atomic E-state index is 12.3. The Morgan fingerprint density at radius 3 is 1.90 bits per heavy atom. The number of rotatable bonds is 8. The quantitative estimate of drug-likeness (QED) is 0.236. The molecule has 0 atom stereocenters. The van der Waals surface area contributed by atoms with Crippen molar-refractivity contribution in [3.05, 3.63) is 91.0 Å². The van der Waals surface area contributed by atoms with Crippen LogP contribution in [0.25, 0.3) is 11.1 Å². The number of carbonyl (C=O) groups excluding carboxylic acids is 2. The van der Waals surface area contributed by atoms with Gasteiger partial charge in [-0.05, 0) is 59.7 Å². The molecule has 30 heavy (non-hydrogen) atoms. The lowest BCUT2D eigenvalue weighted by molar-refractivity contribution is -0.144. The topological polar surface area (TPSA) is 71.1 Å². The van der Waals surface area contributed by atoms with Crippen molar-refractivity contribution in [1.82, 2.24) is 0 Å². The molecule has 0 amide bonds. The van der Waals surface area contributed by atoms with Crippen molar-refractivity contribution >= 4 is 11.9 Å². The van der Waals surface area contributed by atoms with Gasteiger partial charge in [-0.25, -0.2) is 9.59 Å². The van der Waals surface area contributed by atoms with E-state index in [-0.39, 0.29) is 6.79 Å². The Kier molecular flexibility index (Phi) is 6.84. The van der Waals surface area contributed by atoms with Gasteiger partial charge in [0.05, 0.1) is 12.7 Å². The molecule has 0 spiro atoms. The SMILES string of the molecule is C=CC(=O)OCOc1ccc(-c2ccc(C(=O)Oc3ccc(OC)cc3)cc2)cc1. The lowest BCUT2D eigenvalue weighted by Crippen LogP contribution is -2.08. The maximum Gasteiger partial charge on any atom is 0.343 e. The molecule has 0 saturated heterocycles. The number of benzene rings is 3. The Morgan fingerprint density at radius 1 is 0.800 bits per heavy atom. The van der Waals surface area contributed by atoms with Crippen LogP contribution in [0, 0.1) is 0 Å². The highest BCUT2D eigenvalue weighted by Crippen LogP contribution is 2.24. The summed E-state index contributed by atoms with van der Waals surface area (Å²) < 4.78 is 20.6. The van der Waals surface area contributed by atoms with Gasteiger partial charge in [-0.1, -0.05) is 30.8 Å². The molecule has 3 aromatic rings. The second-order valence-electron chi connectivity index (χ2n) is 6.10. The highest BCUT2D eigenvalue weighted by molar-refractivity contribution is 5.91. The van der Waals surface area contributed by atoms with Gasteiger partial charge in [0.2, 0.25) is 6.79 Å². The Balaban J connectivity index is 1.59. The van der Waals surface area contributed by atoms with Crippen LogP contribution in [-0.2, 0) is 9.53 Å². The molecule has 0 radical (unpaired) electrons. The normalized spacial score (nSPS) is 10.0. The van der Waals surface area contributed by atoms with Gasteiger partial charge in [0.15, 0.2) is 0 Å². The van der Waals surface area contributed by atoms with Crippen molar-refractivity contribution in [2.45, 2.75) is 0 Å². The van der Waals surface area contributed by atoms with E-state index >= 15 is 0 Å². The van der Waals surface area contributed by atoms with E-state index in [1.807, 2.05) is 24.3 Å². The molecule has 0 saturated carbocycles. The molecule has 0 aromatic heterocycles. The molecule has 6 heteroatoms. The highest BCUT2D eigenvalue weighted by Gasteiger charge is 2.09. The van der Waals surface area contributed by atoms with Crippen LogP contribution in [0.1, 0.15) is 10.4 Å². The average Bonchev–Trinajstić information content (AvgIpc) is 2.80. The van der Waals surface area contributed by atoms with Crippen LogP contribution >= 0.6 is 0 Å². The van der Waals surface area contributed by atoms with Crippen molar-refractivity contribution in [1.29, 1.82) is 0 Å². The third-order valence-corrected chi connectivity index (χ3v) is 4.17. The molecule has 0 fully saturated rings. The third-order valence-electron chi connectivity index (χ3n) is 4.17. The number of hydrogen-bond acceptors (Lipinski definition) is 6. The van der Waals surface area contributed by atoms with Crippen LogP contribution in [0.15, 0.2) is 85.5 Å². The van der Waals surface area contributed by atoms with Crippen LogP contribution in [0.5, 0.6) is 17.2 Å². The average molecular weight is 404 g/mol. The standard InChI is InChI=1S/C24H20O6/c1-3-23(25)29-16-28-21-10-8-18(9-11-21)17-4-6-19(7-5-17)24(26)30-22-14-12-20(27-2)13-15-22/h3-15H,1,16H2,2H3. The van der Waals surface area contributed by atoms with Gasteiger partial charge < -0.3 is 18.9 Å². The minimum Gasteiger partial charge on any atom is -0.497 e. The van der Waals surface area contributed by atoms with E-state index in [2.05, 4.69) is 6.58 Å². The summed E-state index contributed by atoms with van der Waals surface area (Å²) in [4.78, 5) is 23.3. The van der Waals surface area contributed by atoms with Crippen LogP contribution in [-0.4, -0.2) is 25.8 Å². The van der Waals surface area contributed by atoms with Gasteiger partial charge in [0, 0.05) is 6.08 Å². The van der Waals surface area contributed by atoms with Crippen molar-refractivity contribution in [2.75, 3.05) is 13.9 Å². The molecule has 0 aliphatic rings. The monoisotopic (exact) mass is 404 g/mol. The molecule has 0 aliphatic heterocycles. The number of methoxy groups -OCH3 is 1. The molecule has 0 unspecified atom stereocenters. The van der Waals surface area contributed by atoms with Crippen molar-refractivity contribution in [2.24, 2.45) is 0 Å². The lowest BCUT2D eigenvalue weighted by Gasteiger charge is -2.08. The van der Waals surface area contributed by atoms with Crippen LogP contribution in [0.3, 0.4) is 0 Å². The van der Waals surface area contributed by atoms with E-state index in [1.165, 1.54) is 0 Å². The third kappa shape index (κ3) is 5.48. The molecular formula is C24H20O6. The Morgan fingerprint density at radius 2 is 1.33 bits per heavy atom. The van der Waals surface area contributed by atoms with E-state index < -0.39 is 11.9 Å². The predicted molar refractivity (Wildman–Crippen MR) is 112 cm³/mol. The molecule has 3 aromatic carbocycles. The second kappa shape index (κ2) is 9.93. The minimum atomic E-state index is -0.544. The minimum absolute atomic E-state index is 0.185. The molecule has 152 valence electrons. The van der Waals surface area contributed by atoms with Crippen molar-refractivity contribution in [3.63, 3.8) is 0 Å². The smallest absolute Gasteiger partial charge is 0.343 e. The molecule has 0 aliphatic carbocycles. The number of ether oxygens (including phenoxy) is 4. The molecular weight excluding hydrogens is 384 g/mol. The van der Waals surface area contributed by atoms with Gasteiger partial charge in [-0.3, -0.25) is 0 Å². The summed E-state index contributed by atoms with van der Waals surface area (Å²) in [6.45, 7) is 3.13. The maximum atomic E-state index is 12.3. The number of esters is 2. The Bertz CT molecular complexity index is 1010. The summed E-state index contributed by atoms with van der Waals surface area (Å²) in [7, 11) is 1.57. The zero-order chi connectivity index (χ0) is 21.3. The molecule has 6 nitrogen and oxygen atoms in total. The number of carbonyl (C=O) groups is 2. The van der Waals surface area contributed by atoms with Gasteiger partial charge in [-0.15, -0.1) is 0 Å². The van der Waals surface area contributed by atoms with Gasteiger partial charge in [-0.2, -0.15) is 0 Å². The summed E-state index contributed by atoms with van der Waals surface area (Å²) in [5.41, 5.74) is 2.32. The Hall–Kier alpha value is -4.06. The zero-order valence-corrected chi connectivity index (χ0v) is 16.4. The van der Waals surface area contributed by atoms with E-state index in [9.17, 15) is 9.59 Å². The van der Waals surface area contributed by atoms with Crippen LogP contribution < -0.4 is 14.2 Å². The molecule has 0 bridgehead atoms. The first-order chi connectivity index (χ1) is 14.6. The molecule has 0 heterocycles. The highest BCUT2D eigenvalue weighted by atomic mass is 16.7. The zero-order valence-electron chi connectivity index (χ0n) is 16.4. The fraction of sp³-hybridized carbons (Fsp3) is 0.0833. The largest absolute Gasteiger partial charge is 0.497 e. The summed E-state index contributed by atoms with van der Waals surface area (Å²) in [6.07, 6.45) is 1.07. The Labute approximate surface area is 174 Å². The van der Waals surface area contributed by atoms with Crippen molar-refractivity contribution in [3.8, 4) is 28.4 Å². The van der Waals surface area contributed by atoms with Gasteiger partial charge in [0.25, 0.3) is 0 Å². The van der Waals surface area contributed by atoms with E-state index in [0.29, 0.717) is 22.8 Å². The van der Waals surface area contributed by atoms with Gasteiger partial charge >= 0.3 is 11.9 Å². The molecule has 3 rings (SSSR count).